The third-order valence-corrected chi connectivity index (χ3v) is 3.56. The summed E-state index contributed by atoms with van der Waals surface area (Å²) in [5.41, 5.74) is 0. The van der Waals surface area contributed by atoms with Crippen molar-refractivity contribution in [1.82, 2.24) is 0 Å². The summed E-state index contributed by atoms with van der Waals surface area (Å²) in [6.07, 6.45) is -10.1. The second-order valence-corrected chi connectivity index (χ2v) is 5.29. The van der Waals surface area contributed by atoms with Crippen molar-refractivity contribution in [3.8, 4) is 0 Å². The van der Waals surface area contributed by atoms with E-state index < -0.39 is 48.5 Å². The Bertz CT molecular complexity index is 457. The van der Waals surface area contributed by atoms with Crippen LogP contribution < -0.4 is 0 Å². The lowest BCUT2D eigenvalue weighted by molar-refractivity contribution is -0.546. The van der Waals surface area contributed by atoms with Gasteiger partial charge in [0.25, 0.3) is 0 Å². The monoisotopic (exact) mass is 378 g/mol. The summed E-state index contributed by atoms with van der Waals surface area (Å²) in [6.45, 7) is 1.39. The molecule has 0 aliphatic carbocycles. The number of methoxy groups -OCH3 is 1. The van der Waals surface area contributed by atoms with Crippen LogP contribution in [0.2, 0.25) is 0 Å². The first-order valence-electron chi connectivity index (χ1n) is 6.67. The highest BCUT2D eigenvalue weighted by atomic mass is 19.4. The van der Waals surface area contributed by atoms with Gasteiger partial charge in [0, 0.05) is 7.11 Å². The largest absolute Gasteiger partial charge is 0.428 e. The van der Waals surface area contributed by atoms with Gasteiger partial charge < -0.3 is 9.47 Å². The van der Waals surface area contributed by atoms with E-state index in [1.807, 2.05) is 0 Å². The van der Waals surface area contributed by atoms with E-state index in [1.165, 1.54) is 13.8 Å². The van der Waals surface area contributed by atoms with Crippen molar-refractivity contribution in [1.29, 1.82) is 0 Å². The van der Waals surface area contributed by atoms with Crippen LogP contribution in [-0.4, -0.2) is 55.7 Å². The highest BCUT2D eigenvalue weighted by Gasteiger charge is 2.93. The van der Waals surface area contributed by atoms with Gasteiger partial charge in [-0.1, -0.05) is 6.92 Å². The van der Waals surface area contributed by atoms with Crippen LogP contribution in [0.15, 0.2) is 0 Å². The second kappa shape index (κ2) is 6.20. The number of rotatable bonds is 6. The Morgan fingerprint density at radius 2 is 1.38 bits per heavy atom. The highest BCUT2D eigenvalue weighted by molar-refractivity contribution is 5.13. The predicted octanol–water partition coefficient (Wildman–Crippen LogP) is 4.01. The molecule has 24 heavy (non-hydrogen) atoms. The minimum Gasteiger partial charge on any atom is -0.382 e. The van der Waals surface area contributed by atoms with Gasteiger partial charge in [0.05, 0.1) is 12.7 Å². The molecule has 12 heteroatoms. The van der Waals surface area contributed by atoms with E-state index in [-0.39, 0.29) is 6.42 Å². The maximum Gasteiger partial charge on any atom is 0.428 e. The molecule has 1 fully saturated rings. The molecule has 0 aromatic heterocycles. The number of halogens is 9. The Kier molecular flexibility index (Phi) is 5.50. The van der Waals surface area contributed by atoms with E-state index in [0.717, 1.165) is 7.11 Å². The molecule has 0 N–H and O–H groups in total. The molecule has 0 bridgehead atoms. The fourth-order valence-corrected chi connectivity index (χ4v) is 1.94. The summed E-state index contributed by atoms with van der Waals surface area (Å²) in [5, 5.41) is 0. The molecule has 0 aromatic rings. The van der Waals surface area contributed by atoms with Gasteiger partial charge in [0.15, 0.2) is 0 Å². The van der Waals surface area contributed by atoms with Crippen molar-refractivity contribution >= 4 is 0 Å². The van der Waals surface area contributed by atoms with E-state index >= 15 is 0 Å². The van der Waals surface area contributed by atoms with Crippen LogP contribution in [0.3, 0.4) is 0 Å². The summed E-state index contributed by atoms with van der Waals surface area (Å²) in [7, 11) is 0.808. The smallest absolute Gasteiger partial charge is 0.382 e. The normalized spacial score (nSPS) is 33.0. The lowest BCUT2D eigenvalue weighted by Crippen LogP contribution is -2.79. The predicted molar refractivity (Wildman–Crippen MR) is 61.2 cm³/mol. The van der Waals surface area contributed by atoms with Gasteiger partial charge in [0.2, 0.25) is 0 Å². The molecule has 1 aliphatic rings. The van der Waals surface area contributed by atoms with Crippen LogP contribution in [0, 0.1) is 0 Å². The average molecular weight is 378 g/mol. The van der Waals surface area contributed by atoms with Crippen LogP contribution in [0.4, 0.5) is 39.5 Å². The summed E-state index contributed by atoms with van der Waals surface area (Å²) < 4.78 is 133. The quantitative estimate of drug-likeness (QED) is 0.654. The van der Waals surface area contributed by atoms with E-state index in [9.17, 15) is 39.5 Å². The average Bonchev–Trinajstić information content (AvgIpc) is 2.44. The van der Waals surface area contributed by atoms with Gasteiger partial charge in [0.1, 0.15) is 6.10 Å². The molecule has 3 nitrogen and oxygen atoms in total. The number of ether oxygens (including phenoxy) is 3. The number of alkyl halides is 9. The molecule has 0 spiro atoms. The van der Waals surface area contributed by atoms with Crippen LogP contribution >= 0.6 is 0 Å². The zero-order valence-corrected chi connectivity index (χ0v) is 12.7. The highest BCUT2D eigenvalue weighted by Crippen LogP contribution is 2.63. The SMILES string of the molecule is CCC(C)OC(COC)C1(F)OC(F)(F)C(F)(F)C(F)(F)C1(F)F. The molecule has 3 atom stereocenters. The molecule has 1 aliphatic heterocycles. The zero-order valence-electron chi connectivity index (χ0n) is 12.7. The molecule has 0 radical (unpaired) electrons. The molecule has 0 saturated carbocycles. The summed E-state index contributed by atoms with van der Waals surface area (Å²) in [4.78, 5) is 0. The lowest BCUT2D eigenvalue weighted by atomic mass is 9.90. The van der Waals surface area contributed by atoms with Crippen molar-refractivity contribution in [2.75, 3.05) is 13.7 Å². The topological polar surface area (TPSA) is 27.7 Å². The van der Waals surface area contributed by atoms with Crippen molar-refractivity contribution < 1.29 is 53.7 Å². The Hall–Kier alpha value is -0.750. The van der Waals surface area contributed by atoms with Crippen molar-refractivity contribution in [2.45, 2.75) is 62.2 Å². The number of hydrogen-bond acceptors (Lipinski definition) is 3. The lowest BCUT2D eigenvalue weighted by Gasteiger charge is -2.50. The maximum atomic E-state index is 14.6. The summed E-state index contributed by atoms with van der Waals surface area (Å²) in [6, 6.07) is 0. The van der Waals surface area contributed by atoms with E-state index in [0.29, 0.717) is 0 Å². The Morgan fingerprint density at radius 3 is 1.79 bits per heavy atom. The molecule has 1 rings (SSSR count). The molecular formula is C12H15F9O3. The van der Waals surface area contributed by atoms with Gasteiger partial charge in [-0.25, -0.2) is 4.39 Å². The first kappa shape index (κ1) is 21.3. The van der Waals surface area contributed by atoms with E-state index in [4.69, 9.17) is 0 Å². The first-order valence-corrected chi connectivity index (χ1v) is 6.67. The van der Waals surface area contributed by atoms with Gasteiger partial charge in [-0.3, -0.25) is 4.74 Å². The van der Waals surface area contributed by atoms with Crippen molar-refractivity contribution in [2.24, 2.45) is 0 Å². The third kappa shape index (κ3) is 2.75. The van der Waals surface area contributed by atoms with Crippen LogP contribution in [0.1, 0.15) is 20.3 Å². The number of hydrogen-bond donors (Lipinski definition) is 0. The second-order valence-electron chi connectivity index (χ2n) is 5.29. The van der Waals surface area contributed by atoms with E-state index in [2.05, 4.69) is 14.2 Å². The fraction of sp³-hybridized carbons (Fsp3) is 1.00. The molecule has 1 saturated heterocycles. The summed E-state index contributed by atoms with van der Waals surface area (Å²) >= 11 is 0. The van der Waals surface area contributed by atoms with Crippen LogP contribution in [-0.2, 0) is 14.2 Å². The van der Waals surface area contributed by atoms with Gasteiger partial charge in [-0.05, 0) is 13.3 Å². The van der Waals surface area contributed by atoms with Crippen molar-refractivity contribution in [3.63, 3.8) is 0 Å². The van der Waals surface area contributed by atoms with Crippen LogP contribution in [0.25, 0.3) is 0 Å². The minimum atomic E-state index is -6.75. The van der Waals surface area contributed by atoms with Gasteiger partial charge in [-0.15, -0.1) is 0 Å². The molecule has 1 heterocycles. The van der Waals surface area contributed by atoms with Crippen molar-refractivity contribution in [3.05, 3.63) is 0 Å². The van der Waals surface area contributed by atoms with Gasteiger partial charge in [-0.2, -0.15) is 35.1 Å². The fourth-order valence-electron chi connectivity index (χ4n) is 1.94. The molecule has 0 aromatic carbocycles. The summed E-state index contributed by atoms with van der Waals surface area (Å²) in [5.74, 6) is -25.0. The molecule has 3 unspecified atom stereocenters. The zero-order chi connectivity index (χ0) is 19.2. The minimum absolute atomic E-state index is 0.0464. The van der Waals surface area contributed by atoms with E-state index in [1.54, 1.807) is 0 Å². The molecule has 144 valence electrons. The Morgan fingerprint density at radius 1 is 0.875 bits per heavy atom. The molecular weight excluding hydrogens is 363 g/mol. The van der Waals surface area contributed by atoms with Gasteiger partial charge >= 0.3 is 29.7 Å². The standard InChI is InChI=1S/C12H15F9O3/c1-4-6(2)23-7(5-22-3)8(13)9(14,15)10(16,17)11(18,19)12(20,21)24-8/h6-7H,4-5H2,1-3H3. The Labute approximate surface area is 131 Å². The van der Waals surface area contributed by atoms with Crippen LogP contribution in [0.5, 0.6) is 0 Å². The first-order chi connectivity index (χ1) is 10.6. The third-order valence-electron chi connectivity index (χ3n) is 3.56. The maximum absolute atomic E-state index is 14.6. The molecule has 0 amide bonds. The Balaban J connectivity index is 3.46.